The van der Waals surface area contributed by atoms with E-state index in [0.29, 0.717) is 10.2 Å². The molecule has 1 heterocycles. The third-order valence-corrected chi connectivity index (χ3v) is 3.89. The molecule has 1 unspecified atom stereocenters. The number of aryl methyl sites for hydroxylation is 1. The molecule has 2 rings (SSSR count). The predicted octanol–water partition coefficient (Wildman–Crippen LogP) is 2.87. The number of hydrogen-bond acceptors (Lipinski definition) is 3. The Morgan fingerprint density at radius 3 is 2.62 bits per heavy atom. The Morgan fingerprint density at radius 2 is 2.05 bits per heavy atom. The molecule has 0 saturated heterocycles. The number of carbonyl (C=O) groups is 1. The van der Waals surface area contributed by atoms with E-state index in [0.717, 1.165) is 12.0 Å². The van der Waals surface area contributed by atoms with E-state index in [1.54, 1.807) is 18.3 Å². The summed E-state index contributed by atoms with van der Waals surface area (Å²) in [6.07, 6.45) is 2.51. The number of benzene rings is 1. The third kappa shape index (κ3) is 3.89. The zero-order valence-corrected chi connectivity index (χ0v) is 13.3. The molecule has 0 spiro atoms. The van der Waals surface area contributed by atoms with Crippen molar-refractivity contribution >= 4 is 21.8 Å². The smallest absolute Gasteiger partial charge is 0.271 e. The monoisotopic (exact) mass is 348 g/mol. The molecule has 1 aromatic heterocycles. The predicted molar refractivity (Wildman–Crippen MR) is 85.1 cm³/mol. The lowest BCUT2D eigenvalue weighted by atomic mass is 10.0. The van der Waals surface area contributed by atoms with Gasteiger partial charge in [0, 0.05) is 10.7 Å². The third-order valence-electron chi connectivity index (χ3n) is 3.25. The van der Waals surface area contributed by atoms with Gasteiger partial charge in [0.25, 0.3) is 5.91 Å². The van der Waals surface area contributed by atoms with Gasteiger partial charge in [0.15, 0.2) is 0 Å². The highest BCUT2D eigenvalue weighted by atomic mass is 79.9. The average Bonchev–Trinajstić information content (AvgIpc) is 2.53. The molecule has 110 valence electrons. The zero-order valence-electron chi connectivity index (χ0n) is 11.7. The van der Waals surface area contributed by atoms with E-state index in [1.807, 2.05) is 24.3 Å². The lowest BCUT2D eigenvalue weighted by Crippen LogP contribution is -2.31. The van der Waals surface area contributed by atoms with E-state index in [2.05, 4.69) is 33.2 Å². The lowest BCUT2D eigenvalue weighted by Gasteiger charge is -2.17. The van der Waals surface area contributed by atoms with E-state index in [-0.39, 0.29) is 12.5 Å². The molecule has 0 aliphatic carbocycles. The first-order chi connectivity index (χ1) is 10.2. The van der Waals surface area contributed by atoms with Crippen LogP contribution in [0.2, 0.25) is 0 Å². The van der Waals surface area contributed by atoms with Crippen LogP contribution in [0, 0.1) is 0 Å². The van der Waals surface area contributed by atoms with Crippen LogP contribution >= 0.6 is 15.9 Å². The molecule has 0 bridgehead atoms. The van der Waals surface area contributed by atoms with Crippen LogP contribution in [0.25, 0.3) is 0 Å². The first kappa shape index (κ1) is 15.7. The van der Waals surface area contributed by atoms with Crippen LogP contribution in [0.3, 0.4) is 0 Å². The number of pyridine rings is 1. The molecule has 1 atom stereocenters. The van der Waals surface area contributed by atoms with Gasteiger partial charge in [-0.3, -0.25) is 4.79 Å². The standard InChI is InChI=1S/C16H17BrN2O2/c1-2-11-5-7-12(8-6-11)14(10-20)19-16(21)15-13(17)4-3-9-18-15/h3-9,14,20H,2,10H2,1H3,(H,19,21). The van der Waals surface area contributed by atoms with Gasteiger partial charge in [0.2, 0.25) is 0 Å². The van der Waals surface area contributed by atoms with Gasteiger partial charge in [-0.05, 0) is 45.6 Å². The first-order valence-corrected chi connectivity index (χ1v) is 7.56. The highest BCUT2D eigenvalue weighted by Gasteiger charge is 2.17. The van der Waals surface area contributed by atoms with Gasteiger partial charge in [0.05, 0.1) is 12.6 Å². The summed E-state index contributed by atoms with van der Waals surface area (Å²) in [6, 6.07) is 10.9. The van der Waals surface area contributed by atoms with Crippen molar-refractivity contribution in [3.8, 4) is 0 Å². The molecule has 0 aliphatic heterocycles. The second-order valence-corrected chi connectivity index (χ2v) is 5.49. The number of hydrogen-bond donors (Lipinski definition) is 2. The molecular weight excluding hydrogens is 332 g/mol. The molecule has 0 saturated carbocycles. The molecule has 5 heteroatoms. The van der Waals surface area contributed by atoms with Crippen molar-refractivity contribution in [2.24, 2.45) is 0 Å². The minimum Gasteiger partial charge on any atom is -0.394 e. The fourth-order valence-corrected chi connectivity index (χ4v) is 2.43. The average molecular weight is 349 g/mol. The topological polar surface area (TPSA) is 62.2 Å². The summed E-state index contributed by atoms with van der Waals surface area (Å²) in [5.74, 6) is -0.318. The second-order valence-electron chi connectivity index (χ2n) is 4.64. The number of aliphatic hydroxyl groups excluding tert-OH is 1. The molecule has 0 radical (unpaired) electrons. The maximum atomic E-state index is 12.2. The van der Waals surface area contributed by atoms with E-state index < -0.39 is 6.04 Å². The number of nitrogens with one attached hydrogen (secondary N) is 1. The van der Waals surface area contributed by atoms with Crippen LogP contribution in [0.15, 0.2) is 47.1 Å². The normalized spacial score (nSPS) is 12.0. The van der Waals surface area contributed by atoms with Crippen molar-refractivity contribution in [3.63, 3.8) is 0 Å². The molecule has 4 nitrogen and oxygen atoms in total. The SMILES string of the molecule is CCc1ccc(C(CO)NC(=O)c2ncccc2Br)cc1. The molecule has 21 heavy (non-hydrogen) atoms. The number of nitrogens with zero attached hydrogens (tertiary/aromatic N) is 1. The zero-order chi connectivity index (χ0) is 15.2. The lowest BCUT2D eigenvalue weighted by molar-refractivity contribution is 0.0910. The Labute approximate surface area is 132 Å². The Morgan fingerprint density at radius 1 is 1.33 bits per heavy atom. The number of halogens is 1. The minimum atomic E-state index is -0.447. The van der Waals surface area contributed by atoms with Crippen molar-refractivity contribution in [2.45, 2.75) is 19.4 Å². The summed E-state index contributed by atoms with van der Waals surface area (Å²) in [4.78, 5) is 16.3. The molecular formula is C16H17BrN2O2. The molecule has 1 amide bonds. The van der Waals surface area contributed by atoms with Gasteiger partial charge < -0.3 is 10.4 Å². The van der Waals surface area contributed by atoms with E-state index in [4.69, 9.17) is 0 Å². The van der Waals surface area contributed by atoms with Crippen LogP contribution in [-0.4, -0.2) is 22.6 Å². The van der Waals surface area contributed by atoms with Gasteiger partial charge in [0.1, 0.15) is 5.69 Å². The number of rotatable bonds is 5. The summed E-state index contributed by atoms with van der Waals surface area (Å²) >= 11 is 3.30. The van der Waals surface area contributed by atoms with Crippen molar-refractivity contribution in [2.75, 3.05) is 6.61 Å². The summed E-state index contributed by atoms with van der Waals surface area (Å²) in [7, 11) is 0. The van der Waals surface area contributed by atoms with Crippen LogP contribution in [-0.2, 0) is 6.42 Å². The number of aromatic nitrogens is 1. The van der Waals surface area contributed by atoms with Gasteiger partial charge in [-0.2, -0.15) is 0 Å². The fraction of sp³-hybridized carbons (Fsp3) is 0.250. The minimum absolute atomic E-state index is 0.165. The van der Waals surface area contributed by atoms with E-state index in [9.17, 15) is 9.90 Å². The summed E-state index contributed by atoms with van der Waals surface area (Å²) in [6.45, 7) is 1.92. The highest BCUT2D eigenvalue weighted by Crippen LogP contribution is 2.17. The first-order valence-electron chi connectivity index (χ1n) is 6.76. The maximum absolute atomic E-state index is 12.2. The Kier molecular flexibility index (Phi) is 5.47. The maximum Gasteiger partial charge on any atom is 0.271 e. The van der Waals surface area contributed by atoms with E-state index in [1.165, 1.54) is 5.56 Å². The Hall–Kier alpha value is -1.72. The van der Waals surface area contributed by atoms with Gasteiger partial charge in [-0.25, -0.2) is 4.98 Å². The molecule has 2 N–H and O–H groups in total. The second kappa shape index (κ2) is 7.33. The van der Waals surface area contributed by atoms with Gasteiger partial charge in [-0.15, -0.1) is 0 Å². The quantitative estimate of drug-likeness (QED) is 0.873. The van der Waals surface area contributed by atoms with E-state index >= 15 is 0 Å². The Balaban J connectivity index is 2.15. The molecule has 0 fully saturated rings. The number of aliphatic hydroxyl groups is 1. The van der Waals surface area contributed by atoms with Gasteiger partial charge >= 0.3 is 0 Å². The van der Waals surface area contributed by atoms with Crippen LogP contribution < -0.4 is 5.32 Å². The van der Waals surface area contributed by atoms with Crippen LogP contribution in [0.1, 0.15) is 34.6 Å². The highest BCUT2D eigenvalue weighted by molar-refractivity contribution is 9.10. The fourth-order valence-electron chi connectivity index (χ4n) is 2.00. The number of carbonyl (C=O) groups excluding carboxylic acids is 1. The summed E-state index contributed by atoms with van der Waals surface area (Å²) in [5, 5.41) is 12.3. The number of amides is 1. The molecule has 0 aliphatic rings. The van der Waals surface area contributed by atoms with Crippen LogP contribution in [0.4, 0.5) is 0 Å². The van der Waals surface area contributed by atoms with Gasteiger partial charge in [-0.1, -0.05) is 31.2 Å². The van der Waals surface area contributed by atoms with Crippen molar-refractivity contribution < 1.29 is 9.90 Å². The summed E-state index contributed by atoms with van der Waals surface area (Å²) < 4.78 is 0.625. The molecule has 1 aromatic carbocycles. The summed E-state index contributed by atoms with van der Waals surface area (Å²) in [5.41, 5.74) is 2.39. The Bertz CT molecular complexity index is 614. The molecule has 2 aromatic rings. The van der Waals surface area contributed by atoms with Crippen LogP contribution in [0.5, 0.6) is 0 Å². The largest absolute Gasteiger partial charge is 0.394 e. The van der Waals surface area contributed by atoms with Crippen molar-refractivity contribution in [1.82, 2.24) is 10.3 Å². The van der Waals surface area contributed by atoms with Crippen molar-refractivity contribution in [1.29, 1.82) is 0 Å². The van der Waals surface area contributed by atoms with Crippen molar-refractivity contribution in [3.05, 3.63) is 63.9 Å².